The molecule has 1 aromatic carbocycles. The summed E-state index contributed by atoms with van der Waals surface area (Å²) in [4.78, 5) is 12.0. The highest BCUT2D eigenvalue weighted by Gasteiger charge is 2.37. The summed E-state index contributed by atoms with van der Waals surface area (Å²) in [5.74, 6) is -0.101. The number of carbonyl (C=O) groups excluding carboxylic acids is 1. The third-order valence-corrected chi connectivity index (χ3v) is 3.25. The smallest absolute Gasteiger partial charge is 0.164 e. The third-order valence-electron chi connectivity index (χ3n) is 3.25. The number of carbonyl (C=O) groups is 1. The van der Waals surface area contributed by atoms with E-state index in [9.17, 15) is 20.1 Å². The Kier molecular flexibility index (Phi) is 4.08. The predicted molar refractivity (Wildman–Crippen MR) is 65.2 cm³/mol. The lowest BCUT2D eigenvalue weighted by atomic mass is 9.91. The Morgan fingerprint density at radius 3 is 2.50 bits per heavy atom. The largest absolute Gasteiger partial charge is 0.389 e. The highest BCUT2D eigenvalue weighted by Crippen LogP contribution is 2.15. The van der Waals surface area contributed by atoms with E-state index < -0.39 is 24.4 Å². The maximum absolute atomic E-state index is 12.0. The molecule has 1 fully saturated rings. The SMILES string of the molecule is O=C(C[C@H]1NC[C@H](O)[C@@H](O)[C@@H]1O)c1ccccc1. The molecular formula is C13H17NO4. The second-order valence-corrected chi connectivity index (χ2v) is 4.56. The van der Waals surface area contributed by atoms with Crippen LogP contribution < -0.4 is 5.32 Å². The van der Waals surface area contributed by atoms with Crippen molar-refractivity contribution in [2.45, 2.75) is 30.8 Å². The van der Waals surface area contributed by atoms with Crippen LogP contribution in [0.5, 0.6) is 0 Å². The summed E-state index contributed by atoms with van der Waals surface area (Å²) in [6.07, 6.45) is -3.25. The lowest BCUT2D eigenvalue weighted by molar-refractivity contribution is -0.0936. The van der Waals surface area contributed by atoms with Crippen LogP contribution in [-0.4, -0.2) is 52.0 Å². The fourth-order valence-corrected chi connectivity index (χ4v) is 2.11. The molecule has 0 radical (unpaired) electrons. The van der Waals surface area contributed by atoms with Gasteiger partial charge in [-0.1, -0.05) is 30.3 Å². The van der Waals surface area contributed by atoms with Crippen LogP contribution in [0.25, 0.3) is 0 Å². The van der Waals surface area contributed by atoms with Gasteiger partial charge in [-0.2, -0.15) is 0 Å². The molecule has 0 bridgehead atoms. The van der Waals surface area contributed by atoms with Gasteiger partial charge in [0.15, 0.2) is 5.78 Å². The normalized spacial score (nSPS) is 32.2. The zero-order valence-corrected chi connectivity index (χ0v) is 9.86. The van der Waals surface area contributed by atoms with Crippen LogP contribution in [0.3, 0.4) is 0 Å². The number of aliphatic hydroxyl groups excluding tert-OH is 3. The molecule has 0 saturated carbocycles. The van der Waals surface area contributed by atoms with Gasteiger partial charge in [0.25, 0.3) is 0 Å². The molecule has 1 saturated heterocycles. The highest BCUT2D eigenvalue weighted by atomic mass is 16.4. The Hall–Kier alpha value is -1.27. The molecule has 5 heteroatoms. The van der Waals surface area contributed by atoms with Crippen molar-refractivity contribution in [1.82, 2.24) is 5.32 Å². The maximum atomic E-state index is 12.0. The molecule has 98 valence electrons. The van der Waals surface area contributed by atoms with Crippen LogP contribution in [0.1, 0.15) is 16.8 Å². The molecule has 5 nitrogen and oxygen atoms in total. The number of ketones is 1. The molecule has 4 N–H and O–H groups in total. The summed E-state index contributed by atoms with van der Waals surface area (Å²) in [7, 11) is 0. The topological polar surface area (TPSA) is 89.8 Å². The summed E-state index contributed by atoms with van der Waals surface area (Å²) in [6.45, 7) is 0.172. The Morgan fingerprint density at radius 2 is 1.83 bits per heavy atom. The summed E-state index contributed by atoms with van der Waals surface area (Å²) in [6, 6.07) is 8.26. The first-order valence-electron chi connectivity index (χ1n) is 5.95. The number of piperidine rings is 1. The molecule has 0 spiro atoms. The Bertz CT molecular complexity index is 409. The van der Waals surface area contributed by atoms with E-state index in [4.69, 9.17) is 0 Å². The number of β-amino-alcohol motifs (C(OH)–C–C–N with tert-alkyl or cyclic N) is 1. The zero-order chi connectivity index (χ0) is 13.1. The standard InChI is InChI=1S/C13H17NO4/c15-10(8-4-2-1-3-5-8)6-9-12(17)13(18)11(16)7-14-9/h1-5,9,11-14,16-18H,6-7H2/t9-,11+,12-,13-/m1/s1. The minimum atomic E-state index is -1.21. The maximum Gasteiger partial charge on any atom is 0.164 e. The molecule has 4 atom stereocenters. The van der Waals surface area contributed by atoms with Gasteiger partial charge in [-0.25, -0.2) is 0 Å². The zero-order valence-electron chi connectivity index (χ0n) is 9.86. The number of hydrogen-bond donors (Lipinski definition) is 4. The predicted octanol–water partition coefficient (Wildman–Crippen LogP) is -0.686. The lowest BCUT2D eigenvalue weighted by Gasteiger charge is -2.35. The molecule has 0 aromatic heterocycles. The van der Waals surface area contributed by atoms with E-state index in [1.54, 1.807) is 24.3 Å². The molecule has 1 aromatic rings. The van der Waals surface area contributed by atoms with Crippen LogP contribution in [-0.2, 0) is 0 Å². The van der Waals surface area contributed by atoms with Gasteiger partial charge in [-0.3, -0.25) is 4.79 Å². The monoisotopic (exact) mass is 251 g/mol. The van der Waals surface area contributed by atoms with Gasteiger partial charge < -0.3 is 20.6 Å². The lowest BCUT2D eigenvalue weighted by Crippen LogP contribution is -2.60. The minimum absolute atomic E-state index is 0.0922. The first-order valence-corrected chi connectivity index (χ1v) is 5.95. The fourth-order valence-electron chi connectivity index (χ4n) is 2.11. The first kappa shape index (κ1) is 13.2. The number of aliphatic hydroxyl groups is 3. The van der Waals surface area contributed by atoms with Gasteiger partial charge in [-0.05, 0) is 0 Å². The molecular weight excluding hydrogens is 234 g/mol. The average molecular weight is 251 g/mol. The molecule has 1 aliphatic rings. The highest BCUT2D eigenvalue weighted by molar-refractivity contribution is 5.96. The van der Waals surface area contributed by atoms with E-state index >= 15 is 0 Å². The molecule has 0 amide bonds. The fraction of sp³-hybridized carbons (Fsp3) is 0.462. The number of Topliss-reactive ketones (excluding diaryl/α,β-unsaturated/α-hetero) is 1. The second-order valence-electron chi connectivity index (χ2n) is 4.56. The van der Waals surface area contributed by atoms with E-state index in [0.717, 1.165) is 0 Å². The van der Waals surface area contributed by atoms with Crippen LogP contribution in [0, 0.1) is 0 Å². The van der Waals surface area contributed by atoms with Crippen molar-refractivity contribution in [1.29, 1.82) is 0 Å². The molecule has 1 heterocycles. The van der Waals surface area contributed by atoms with Gasteiger partial charge in [0.1, 0.15) is 6.10 Å². The number of rotatable bonds is 3. The second kappa shape index (κ2) is 5.58. The van der Waals surface area contributed by atoms with Crippen LogP contribution in [0.15, 0.2) is 30.3 Å². The van der Waals surface area contributed by atoms with Gasteiger partial charge in [0, 0.05) is 24.6 Å². The summed E-state index contributed by atoms with van der Waals surface area (Å²) in [5.41, 5.74) is 0.576. The molecule has 2 rings (SSSR count). The van der Waals surface area contributed by atoms with Crippen LogP contribution in [0.2, 0.25) is 0 Å². The third kappa shape index (κ3) is 2.76. The average Bonchev–Trinajstić information content (AvgIpc) is 2.40. The number of benzene rings is 1. The van der Waals surface area contributed by atoms with Crippen molar-refractivity contribution in [2.24, 2.45) is 0 Å². The number of hydrogen-bond acceptors (Lipinski definition) is 5. The van der Waals surface area contributed by atoms with Gasteiger partial charge in [0.05, 0.1) is 12.2 Å². The Labute approximate surface area is 105 Å². The summed E-state index contributed by atoms with van der Waals surface area (Å²) >= 11 is 0. The quantitative estimate of drug-likeness (QED) is 0.534. The molecule has 18 heavy (non-hydrogen) atoms. The van der Waals surface area contributed by atoms with Crippen molar-refractivity contribution < 1.29 is 20.1 Å². The van der Waals surface area contributed by atoms with Gasteiger partial charge in [0.2, 0.25) is 0 Å². The van der Waals surface area contributed by atoms with E-state index in [1.165, 1.54) is 0 Å². The van der Waals surface area contributed by atoms with E-state index in [0.29, 0.717) is 5.56 Å². The van der Waals surface area contributed by atoms with Crippen molar-refractivity contribution in [3.8, 4) is 0 Å². The first-order chi connectivity index (χ1) is 8.59. The van der Waals surface area contributed by atoms with Crippen molar-refractivity contribution in [3.63, 3.8) is 0 Å². The Morgan fingerprint density at radius 1 is 1.17 bits per heavy atom. The summed E-state index contributed by atoms with van der Waals surface area (Å²) in [5, 5.41) is 31.6. The summed E-state index contributed by atoms with van der Waals surface area (Å²) < 4.78 is 0. The van der Waals surface area contributed by atoms with Crippen LogP contribution >= 0.6 is 0 Å². The number of nitrogens with one attached hydrogen (secondary N) is 1. The molecule has 0 aliphatic carbocycles. The van der Waals surface area contributed by atoms with Crippen LogP contribution in [0.4, 0.5) is 0 Å². The van der Waals surface area contributed by atoms with E-state index in [-0.39, 0.29) is 18.7 Å². The molecule has 1 aliphatic heterocycles. The molecule has 0 unspecified atom stereocenters. The van der Waals surface area contributed by atoms with E-state index in [2.05, 4.69) is 5.32 Å². The van der Waals surface area contributed by atoms with Gasteiger partial charge in [-0.15, -0.1) is 0 Å². The van der Waals surface area contributed by atoms with E-state index in [1.807, 2.05) is 6.07 Å². The van der Waals surface area contributed by atoms with Crippen molar-refractivity contribution in [2.75, 3.05) is 6.54 Å². The Balaban J connectivity index is 2.00. The van der Waals surface area contributed by atoms with Crippen molar-refractivity contribution in [3.05, 3.63) is 35.9 Å². The van der Waals surface area contributed by atoms with Gasteiger partial charge >= 0.3 is 0 Å². The van der Waals surface area contributed by atoms with Crippen molar-refractivity contribution >= 4 is 5.78 Å². The minimum Gasteiger partial charge on any atom is -0.389 e.